The maximum absolute atomic E-state index is 11.8. The van der Waals surface area contributed by atoms with E-state index in [0.29, 0.717) is 0 Å². The molecule has 1 atom stereocenters. The molecule has 0 bridgehead atoms. The van der Waals surface area contributed by atoms with Crippen molar-refractivity contribution in [2.75, 3.05) is 12.0 Å². The van der Waals surface area contributed by atoms with Gasteiger partial charge in [-0.25, -0.2) is 22.0 Å². The summed E-state index contributed by atoms with van der Waals surface area (Å²) < 4.78 is 44.3. The van der Waals surface area contributed by atoms with Gasteiger partial charge in [0.2, 0.25) is 10.0 Å². The van der Waals surface area contributed by atoms with Crippen LogP contribution in [0, 0.1) is 0 Å². The van der Waals surface area contributed by atoms with Crippen molar-refractivity contribution in [2.45, 2.75) is 17.9 Å². The number of nitrogens with two attached hydrogens (primary N) is 1. The number of hydrogen-bond acceptors (Lipinski definition) is 5. The van der Waals surface area contributed by atoms with Crippen molar-refractivity contribution in [3.05, 3.63) is 29.8 Å². The zero-order chi connectivity index (χ0) is 15.6. The summed E-state index contributed by atoms with van der Waals surface area (Å²) >= 11 is 0. The maximum atomic E-state index is 11.8. The third-order valence-electron chi connectivity index (χ3n) is 2.38. The highest BCUT2D eigenvalue weighted by Gasteiger charge is 2.15. The second-order valence-electron chi connectivity index (χ2n) is 4.54. The number of carbonyl (C=O) groups is 1. The fourth-order valence-corrected chi connectivity index (χ4v) is 3.11. The van der Waals surface area contributed by atoms with Gasteiger partial charge < -0.3 is 5.32 Å². The molecule has 7 nitrogen and oxygen atoms in total. The van der Waals surface area contributed by atoms with E-state index in [1.54, 1.807) is 6.92 Å². The van der Waals surface area contributed by atoms with E-state index in [1.807, 2.05) is 0 Å². The topological polar surface area (TPSA) is 123 Å². The van der Waals surface area contributed by atoms with Crippen molar-refractivity contribution >= 4 is 25.8 Å². The molecular weight excluding hydrogens is 304 g/mol. The normalized spacial score (nSPS) is 13.8. The van der Waals surface area contributed by atoms with Crippen LogP contribution in [0.2, 0.25) is 0 Å². The second kappa shape index (κ2) is 5.90. The van der Waals surface area contributed by atoms with Crippen LogP contribution in [0.15, 0.2) is 29.2 Å². The van der Waals surface area contributed by atoms with E-state index in [1.165, 1.54) is 24.3 Å². The van der Waals surface area contributed by atoms with Gasteiger partial charge in [0, 0.05) is 17.9 Å². The van der Waals surface area contributed by atoms with Crippen molar-refractivity contribution < 1.29 is 21.6 Å². The number of carbonyl (C=O) groups excluding carboxylic acids is 1. The lowest BCUT2D eigenvalue weighted by molar-refractivity contribution is 0.0943. The van der Waals surface area contributed by atoms with E-state index in [4.69, 9.17) is 5.14 Å². The molecule has 0 heterocycles. The van der Waals surface area contributed by atoms with Crippen molar-refractivity contribution in [1.82, 2.24) is 5.32 Å². The maximum Gasteiger partial charge on any atom is 0.251 e. The van der Waals surface area contributed by atoms with Gasteiger partial charge in [0.1, 0.15) is 9.84 Å². The summed E-state index contributed by atoms with van der Waals surface area (Å²) in [4.78, 5) is 11.7. The molecule has 0 saturated carbocycles. The smallest absolute Gasteiger partial charge is 0.251 e. The Hall–Kier alpha value is -1.45. The Morgan fingerprint density at radius 1 is 1.20 bits per heavy atom. The molecule has 112 valence electrons. The molecule has 20 heavy (non-hydrogen) atoms. The van der Waals surface area contributed by atoms with Gasteiger partial charge in [-0.15, -0.1) is 0 Å². The average Bonchev–Trinajstić information content (AvgIpc) is 2.25. The van der Waals surface area contributed by atoms with Gasteiger partial charge >= 0.3 is 0 Å². The predicted molar refractivity (Wildman–Crippen MR) is 74.5 cm³/mol. The number of amides is 1. The third kappa shape index (κ3) is 5.27. The quantitative estimate of drug-likeness (QED) is 0.757. The molecule has 1 rings (SSSR count). The fraction of sp³-hybridized carbons (Fsp3) is 0.364. The first-order valence-corrected chi connectivity index (χ1v) is 9.21. The molecule has 1 unspecified atom stereocenters. The predicted octanol–water partition coefficient (Wildman–Crippen LogP) is -0.503. The van der Waals surface area contributed by atoms with Crippen LogP contribution in [-0.2, 0) is 19.9 Å². The molecule has 0 aliphatic heterocycles. The van der Waals surface area contributed by atoms with Crippen LogP contribution in [0.1, 0.15) is 17.3 Å². The molecule has 3 N–H and O–H groups in total. The van der Waals surface area contributed by atoms with Gasteiger partial charge in [-0.05, 0) is 31.2 Å². The minimum Gasteiger partial charge on any atom is -0.349 e. The number of primary sulfonamides is 1. The zero-order valence-corrected chi connectivity index (χ0v) is 12.7. The van der Waals surface area contributed by atoms with Gasteiger partial charge in [-0.2, -0.15) is 0 Å². The third-order valence-corrected chi connectivity index (χ3v) is 4.41. The summed E-state index contributed by atoms with van der Waals surface area (Å²) in [6.07, 6.45) is 1.08. The SMILES string of the molecule is CC(CS(C)(=O)=O)NC(=O)c1ccc(S(N)(=O)=O)cc1. The molecule has 0 radical (unpaired) electrons. The van der Waals surface area contributed by atoms with E-state index in [0.717, 1.165) is 6.26 Å². The van der Waals surface area contributed by atoms with Gasteiger partial charge in [-0.1, -0.05) is 0 Å². The molecule has 1 aromatic carbocycles. The van der Waals surface area contributed by atoms with Crippen LogP contribution in [0.4, 0.5) is 0 Å². The summed E-state index contributed by atoms with van der Waals surface area (Å²) in [5.41, 5.74) is 0.220. The number of rotatable bonds is 5. The summed E-state index contributed by atoms with van der Waals surface area (Å²) in [7, 11) is -6.99. The van der Waals surface area contributed by atoms with Crippen LogP contribution in [0.3, 0.4) is 0 Å². The molecule has 0 spiro atoms. The van der Waals surface area contributed by atoms with E-state index >= 15 is 0 Å². The van der Waals surface area contributed by atoms with Crippen LogP contribution >= 0.6 is 0 Å². The Bertz CT molecular complexity index is 693. The lowest BCUT2D eigenvalue weighted by Crippen LogP contribution is -2.37. The molecular formula is C11H16N2O5S2. The number of benzene rings is 1. The van der Waals surface area contributed by atoms with E-state index < -0.39 is 31.8 Å². The van der Waals surface area contributed by atoms with Crippen molar-refractivity contribution in [2.24, 2.45) is 5.14 Å². The summed E-state index contributed by atoms with van der Waals surface area (Å²) in [6.45, 7) is 1.57. The molecule has 9 heteroatoms. The molecule has 0 saturated heterocycles. The molecule has 0 aliphatic rings. The Morgan fingerprint density at radius 3 is 2.10 bits per heavy atom. The van der Waals surface area contributed by atoms with Gasteiger partial charge in [0.25, 0.3) is 5.91 Å². The van der Waals surface area contributed by atoms with Crippen molar-refractivity contribution in [3.63, 3.8) is 0 Å². The number of sulfonamides is 1. The Labute approximate surface area is 118 Å². The minimum absolute atomic E-state index is 0.0989. The first-order valence-electron chi connectivity index (χ1n) is 5.60. The van der Waals surface area contributed by atoms with E-state index in [-0.39, 0.29) is 16.2 Å². The van der Waals surface area contributed by atoms with Crippen molar-refractivity contribution in [1.29, 1.82) is 0 Å². The Balaban J connectivity index is 2.79. The molecule has 1 amide bonds. The Morgan fingerprint density at radius 2 is 1.70 bits per heavy atom. The van der Waals surface area contributed by atoms with Gasteiger partial charge in [0.15, 0.2) is 0 Å². The minimum atomic E-state index is -3.80. The van der Waals surface area contributed by atoms with Gasteiger partial charge in [0.05, 0.1) is 10.6 Å². The highest BCUT2D eigenvalue weighted by Crippen LogP contribution is 2.09. The largest absolute Gasteiger partial charge is 0.349 e. The molecule has 1 aromatic rings. The average molecular weight is 320 g/mol. The Kier molecular flexibility index (Phi) is 4.90. The lowest BCUT2D eigenvalue weighted by atomic mass is 10.2. The molecule has 0 aromatic heterocycles. The molecule has 0 aliphatic carbocycles. The fourth-order valence-electron chi connectivity index (χ4n) is 1.60. The summed E-state index contributed by atoms with van der Waals surface area (Å²) in [6, 6.07) is 4.50. The van der Waals surface area contributed by atoms with E-state index in [9.17, 15) is 21.6 Å². The van der Waals surface area contributed by atoms with Crippen LogP contribution in [0.5, 0.6) is 0 Å². The van der Waals surface area contributed by atoms with Crippen LogP contribution < -0.4 is 10.5 Å². The first-order chi connectivity index (χ1) is 8.99. The number of nitrogens with one attached hydrogen (secondary N) is 1. The summed E-state index contributed by atoms with van der Waals surface area (Å²) in [5.74, 6) is -0.657. The standard InChI is InChI=1S/C11H16N2O5S2/c1-8(7-19(2,15)16)13-11(14)9-3-5-10(6-4-9)20(12,17)18/h3-6,8H,7H2,1-2H3,(H,13,14)(H2,12,17,18). The highest BCUT2D eigenvalue weighted by molar-refractivity contribution is 7.90. The second-order valence-corrected chi connectivity index (χ2v) is 8.28. The lowest BCUT2D eigenvalue weighted by Gasteiger charge is -2.12. The number of sulfone groups is 1. The monoisotopic (exact) mass is 320 g/mol. The summed E-state index contributed by atoms with van der Waals surface area (Å²) in [5, 5.41) is 7.45. The first kappa shape index (κ1) is 16.6. The van der Waals surface area contributed by atoms with Gasteiger partial charge in [-0.3, -0.25) is 4.79 Å². The van der Waals surface area contributed by atoms with E-state index in [2.05, 4.69) is 5.32 Å². The zero-order valence-electron chi connectivity index (χ0n) is 11.0. The highest BCUT2D eigenvalue weighted by atomic mass is 32.2. The van der Waals surface area contributed by atoms with Crippen molar-refractivity contribution in [3.8, 4) is 0 Å². The van der Waals surface area contributed by atoms with Crippen LogP contribution in [-0.4, -0.2) is 40.8 Å². The van der Waals surface area contributed by atoms with Crippen LogP contribution in [0.25, 0.3) is 0 Å². The number of hydrogen-bond donors (Lipinski definition) is 2. The molecule has 0 fully saturated rings.